The van der Waals surface area contributed by atoms with E-state index in [1.165, 1.54) is 0 Å². The number of nitrogens with one attached hydrogen (secondary N) is 1. The molecule has 1 aromatic heterocycles. The molecule has 1 saturated heterocycles. The molecule has 0 saturated carbocycles. The van der Waals surface area contributed by atoms with Crippen LogP contribution in [0.2, 0.25) is 0 Å². The smallest absolute Gasteiger partial charge is 0.319 e. The van der Waals surface area contributed by atoms with Gasteiger partial charge >= 0.3 is 12.1 Å². The monoisotopic (exact) mass is 322 g/mol. The van der Waals surface area contributed by atoms with Crippen LogP contribution in [-0.4, -0.2) is 83.4 Å². The Morgan fingerprint density at radius 1 is 1.22 bits per heavy atom. The van der Waals surface area contributed by atoms with Gasteiger partial charge in [0.25, 0.3) is 0 Å². The molecule has 1 fully saturated rings. The highest BCUT2D eigenvalue weighted by atomic mass is 16.2. The summed E-state index contributed by atoms with van der Waals surface area (Å²) in [6.07, 6.45) is 3.67. The van der Waals surface area contributed by atoms with Gasteiger partial charge in [0.2, 0.25) is 0 Å². The predicted octanol–water partition coefficient (Wildman–Crippen LogP) is 0.528. The van der Waals surface area contributed by atoms with E-state index in [1.54, 1.807) is 35.0 Å². The molecule has 0 spiro atoms. The zero-order valence-corrected chi connectivity index (χ0v) is 14.1. The molecule has 128 valence electrons. The molecule has 2 heterocycles. The van der Waals surface area contributed by atoms with E-state index in [4.69, 9.17) is 0 Å². The minimum Gasteiger partial charge on any atom is -0.338 e. The maximum absolute atomic E-state index is 12.2. The SMILES string of the molecule is CC(CNC(=O)N1CCN(C(=O)N(C)C)CC1)Cn1cccn1. The lowest BCUT2D eigenvalue weighted by molar-refractivity contribution is 0.128. The van der Waals surface area contributed by atoms with E-state index in [-0.39, 0.29) is 12.1 Å². The number of carbonyl (C=O) groups is 2. The molecule has 1 N–H and O–H groups in total. The van der Waals surface area contributed by atoms with Gasteiger partial charge in [-0.1, -0.05) is 6.92 Å². The molecule has 0 bridgehead atoms. The lowest BCUT2D eigenvalue weighted by Gasteiger charge is -2.36. The number of aromatic nitrogens is 2. The third-order valence-corrected chi connectivity index (χ3v) is 3.88. The Morgan fingerprint density at radius 2 is 1.87 bits per heavy atom. The Labute approximate surface area is 137 Å². The zero-order valence-electron chi connectivity index (χ0n) is 14.1. The van der Waals surface area contributed by atoms with Crippen LogP contribution in [0.25, 0.3) is 0 Å². The van der Waals surface area contributed by atoms with Crippen LogP contribution in [0.3, 0.4) is 0 Å². The van der Waals surface area contributed by atoms with Crippen molar-refractivity contribution in [3.05, 3.63) is 18.5 Å². The predicted molar refractivity (Wildman–Crippen MR) is 87.0 cm³/mol. The third kappa shape index (κ3) is 4.87. The molecule has 23 heavy (non-hydrogen) atoms. The van der Waals surface area contributed by atoms with Crippen LogP contribution in [0.1, 0.15) is 6.92 Å². The van der Waals surface area contributed by atoms with E-state index in [9.17, 15) is 9.59 Å². The molecule has 1 aromatic rings. The maximum atomic E-state index is 12.2. The van der Waals surface area contributed by atoms with Crippen LogP contribution in [-0.2, 0) is 6.54 Å². The van der Waals surface area contributed by atoms with E-state index in [2.05, 4.69) is 17.3 Å². The molecule has 0 radical (unpaired) electrons. The molecular weight excluding hydrogens is 296 g/mol. The van der Waals surface area contributed by atoms with Crippen molar-refractivity contribution in [1.82, 2.24) is 29.8 Å². The number of piperazine rings is 1. The van der Waals surface area contributed by atoms with E-state index < -0.39 is 0 Å². The Morgan fingerprint density at radius 3 is 2.43 bits per heavy atom. The van der Waals surface area contributed by atoms with Gasteiger partial charge in [-0.05, 0) is 12.0 Å². The number of urea groups is 2. The van der Waals surface area contributed by atoms with Crippen molar-refractivity contribution >= 4 is 12.1 Å². The first-order valence-electron chi connectivity index (χ1n) is 7.94. The molecule has 2 rings (SSSR count). The molecule has 0 aliphatic carbocycles. The fourth-order valence-corrected chi connectivity index (χ4v) is 2.55. The lowest BCUT2D eigenvalue weighted by Crippen LogP contribution is -2.55. The summed E-state index contributed by atoms with van der Waals surface area (Å²) in [6, 6.07) is 1.83. The minimum atomic E-state index is -0.0609. The Hall–Kier alpha value is -2.25. The summed E-state index contributed by atoms with van der Waals surface area (Å²) in [5.41, 5.74) is 0. The molecule has 1 atom stereocenters. The standard InChI is InChI=1S/C15H26N6O2/c1-13(12-21-6-4-5-17-21)11-16-14(22)19-7-9-20(10-8-19)15(23)18(2)3/h4-6,13H,7-12H2,1-3H3,(H,16,22). The third-order valence-electron chi connectivity index (χ3n) is 3.88. The Kier molecular flexibility index (Phi) is 5.84. The van der Waals surface area contributed by atoms with Gasteiger partial charge in [0.15, 0.2) is 0 Å². The summed E-state index contributed by atoms with van der Waals surface area (Å²) in [4.78, 5) is 29.2. The highest BCUT2D eigenvalue weighted by molar-refractivity contribution is 5.76. The molecule has 8 heteroatoms. The van der Waals surface area contributed by atoms with Crippen LogP contribution in [0.4, 0.5) is 9.59 Å². The van der Waals surface area contributed by atoms with Gasteiger partial charge in [-0.25, -0.2) is 9.59 Å². The lowest BCUT2D eigenvalue weighted by atomic mass is 10.2. The van der Waals surface area contributed by atoms with Gasteiger partial charge < -0.3 is 20.0 Å². The number of amides is 4. The van der Waals surface area contributed by atoms with Crippen molar-refractivity contribution < 1.29 is 9.59 Å². The highest BCUT2D eigenvalue weighted by Crippen LogP contribution is 2.05. The van der Waals surface area contributed by atoms with Crippen molar-refractivity contribution in [3.8, 4) is 0 Å². The summed E-state index contributed by atoms with van der Waals surface area (Å²) >= 11 is 0. The number of carbonyl (C=O) groups excluding carboxylic acids is 2. The van der Waals surface area contributed by atoms with Gasteiger partial charge in [-0.15, -0.1) is 0 Å². The molecular formula is C15H26N6O2. The van der Waals surface area contributed by atoms with Gasteiger partial charge in [-0.2, -0.15) is 5.10 Å². The van der Waals surface area contributed by atoms with Crippen LogP contribution >= 0.6 is 0 Å². The van der Waals surface area contributed by atoms with Crippen LogP contribution in [0.15, 0.2) is 18.5 Å². The molecule has 1 aliphatic heterocycles. The normalized spacial score (nSPS) is 16.1. The summed E-state index contributed by atoms with van der Waals surface area (Å²) < 4.78 is 1.86. The van der Waals surface area contributed by atoms with Crippen LogP contribution in [0.5, 0.6) is 0 Å². The van der Waals surface area contributed by atoms with Crippen molar-refractivity contribution in [2.24, 2.45) is 5.92 Å². The first kappa shape index (κ1) is 17.1. The summed E-state index contributed by atoms with van der Waals surface area (Å²) in [6.45, 7) is 5.75. The van der Waals surface area contributed by atoms with Crippen molar-refractivity contribution in [3.63, 3.8) is 0 Å². The Balaban J connectivity index is 1.69. The van der Waals surface area contributed by atoms with Gasteiger partial charge in [0, 0.05) is 65.8 Å². The second-order valence-corrected chi connectivity index (χ2v) is 6.17. The van der Waals surface area contributed by atoms with Crippen LogP contribution in [0, 0.1) is 5.92 Å². The first-order valence-corrected chi connectivity index (χ1v) is 7.94. The summed E-state index contributed by atoms with van der Waals surface area (Å²) in [7, 11) is 3.48. The van der Waals surface area contributed by atoms with E-state index in [0.29, 0.717) is 38.6 Å². The topological polar surface area (TPSA) is 73.7 Å². The van der Waals surface area contributed by atoms with Gasteiger partial charge in [0.1, 0.15) is 0 Å². The van der Waals surface area contributed by atoms with Crippen LogP contribution < -0.4 is 5.32 Å². The number of nitrogens with zero attached hydrogens (tertiary/aromatic N) is 5. The van der Waals surface area contributed by atoms with Gasteiger partial charge in [0.05, 0.1) is 0 Å². The number of rotatable bonds is 4. The average molecular weight is 322 g/mol. The maximum Gasteiger partial charge on any atom is 0.319 e. The second-order valence-electron chi connectivity index (χ2n) is 6.17. The molecule has 8 nitrogen and oxygen atoms in total. The van der Waals surface area contributed by atoms with E-state index >= 15 is 0 Å². The molecule has 0 aromatic carbocycles. The minimum absolute atomic E-state index is 0.00194. The van der Waals surface area contributed by atoms with E-state index in [1.807, 2.05) is 16.9 Å². The average Bonchev–Trinajstić information content (AvgIpc) is 3.04. The van der Waals surface area contributed by atoms with Gasteiger partial charge in [-0.3, -0.25) is 4.68 Å². The number of hydrogen-bond donors (Lipinski definition) is 1. The highest BCUT2D eigenvalue weighted by Gasteiger charge is 2.24. The molecule has 1 unspecified atom stereocenters. The molecule has 1 aliphatic rings. The number of hydrogen-bond acceptors (Lipinski definition) is 3. The quantitative estimate of drug-likeness (QED) is 0.879. The van der Waals surface area contributed by atoms with Crippen molar-refractivity contribution in [2.45, 2.75) is 13.5 Å². The Bertz CT molecular complexity index is 508. The zero-order chi connectivity index (χ0) is 16.8. The summed E-state index contributed by atoms with van der Waals surface area (Å²) in [5.74, 6) is 0.301. The fourth-order valence-electron chi connectivity index (χ4n) is 2.55. The second kappa shape index (κ2) is 7.85. The largest absolute Gasteiger partial charge is 0.338 e. The molecule has 4 amide bonds. The van der Waals surface area contributed by atoms with Crippen molar-refractivity contribution in [2.75, 3.05) is 46.8 Å². The van der Waals surface area contributed by atoms with Crippen molar-refractivity contribution in [1.29, 1.82) is 0 Å². The first-order chi connectivity index (χ1) is 11.0. The summed E-state index contributed by atoms with van der Waals surface area (Å²) in [5, 5.41) is 7.13. The fraction of sp³-hybridized carbons (Fsp3) is 0.667. The van der Waals surface area contributed by atoms with E-state index in [0.717, 1.165) is 6.54 Å².